The molecular formula is C25H26F6N4O2. The smallest absolute Gasteiger partial charge is 0.335 e. The van der Waals surface area contributed by atoms with Gasteiger partial charge in [-0.25, -0.2) is 4.79 Å². The molecule has 37 heavy (non-hydrogen) atoms. The van der Waals surface area contributed by atoms with Crippen molar-refractivity contribution in [1.29, 1.82) is 0 Å². The van der Waals surface area contributed by atoms with Gasteiger partial charge >= 0.3 is 18.4 Å². The Morgan fingerprint density at radius 3 is 2.27 bits per heavy atom. The van der Waals surface area contributed by atoms with Gasteiger partial charge in [-0.05, 0) is 61.2 Å². The molecule has 2 aromatic rings. The van der Waals surface area contributed by atoms with E-state index in [9.17, 15) is 35.9 Å². The van der Waals surface area contributed by atoms with E-state index in [1.165, 1.54) is 14.0 Å². The molecule has 2 aliphatic rings. The Labute approximate surface area is 209 Å². The molecule has 3 amide bonds. The number of benzene rings is 1. The maximum atomic E-state index is 13.7. The number of halogens is 6. The summed E-state index contributed by atoms with van der Waals surface area (Å²) < 4.78 is 80.3. The SMILES string of the molecule is Cc1ccncc1C1C2CCC(=O)N2CCN1C(=O)N(C)C(C)c1cc(C(F)(F)F)cc(C(F)(F)F)c1. The van der Waals surface area contributed by atoms with E-state index in [1.807, 2.05) is 6.92 Å². The van der Waals surface area contributed by atoms with Gasteiger partial charge in [0.15, 0.2) is 0 Å². The molecule has 12 heteroatoms. The zero-order valence-corrected chi connectivity index (χ0v) is 20.4. The van der Waals surface area contributed by atoms with E-state index in [2.05, 4.69) is 4.98 Å². The number of alkyl halides is 6. The Bertz CT molecular complexity index is 1170. The molecule has 2 fully saturated rings. The summed E-state index contributed by atoms with van der Waals surface area (Å²) in [5.74, 6) is -0.0194. The third kappa shape index (κ3) is 5.10. The van der Waals surface area contributed by atoms with Gasteiger partial charge in [-0.15, -0.1) is 0 Å². The predicted molar refractivity (Wildman–Crippen MR) is 121 cm³/mol. The van der Waals surface area contributed by atoms with E-state index in [-0.39, 0.29) is 36.7 Å². The number of aryl methyl sites for hydroxylation is 1. The third-order valence-electron chi connectivity index (χ3n) is 7.28. The molecule has 3 heterocycles. The highest BCUT2D eigenvalue weighted by atomic mass is 19.4. The zero-order chi connectivity index (χ0) is 27.3. The topological polar surface area (TPSA) is 56.8 Å². The van der Waals surface area contributed by atoms with Gasteiger partial charge in [0.25, 0.3) is 0 Å². The molecule has 2 aliphatic heterocycles. The van der Waals surface area contributed by atoms with Crippen molar-refractivity contribution in [1.82, 2.24) is 19.7 Å². The summed E-state index contributed by atoms with van der Waals surface area (Å²) in [4.78, 5) is 34.7. The Morgan fingerprint density at radius 1 is 1.08 bits per heavy atom. The van der Waals surface area contributed by atoms with Crippen LogP contribution in [-0.2, 0) is 17.1 Å². The average Bonchev–Trinajstić information content (AvgIpc) is 3.22. The minimum Gasteiger partial charge on any atom is -0.335 e. The first-order valence-corrected chi connectivity index (χ1v) is 11.7. The van der Waals surface area contributed by atoms with Gasteiger partial charge in [0.05, 0.1) is 29.3 Å². The summed E-state index contributed by atoms with van der Waals surface area (Å²) in [5, 5.41) is 0. The van der Waals surface area contributed by atoms with Crippen LogP contribution in [0.4, 0.5) is 31.1 Å². The number of pyridine rings is 1. The molecule has 0 saturated carbocycles. The van der Waals surface area contributed by atoms with Crippen LogP contribution in [-0.4, -0.2) is 57.8 Å². The second kappa shape index (κ2) is 9.53. The number of nitrogens with zero attached hydrogens (tertiary/aromatic N) is 4. The largest absolute Gasteiger partial charge is 0.416 e. The molecule has 6 nitrogen and oxygen atoms in total. The number of piperazine rings is 1. The lowest BCUT2D eigenvalue weighted by Gasteiger charge is -2.47. The molecule has 0 spiro atoms. The summed E-state index contributed by atoms with van der Waals surface area (Å²) in [5.41, 5.74) is -1.58. The average molecular weight is 528 g/mol. The van der Waals surface area contributed by atoms with Crippen LogP contribution in [0.15, 0.2) is 36.7 Å². The van der Waals surface area contributed by atoms with Crippen LogP contribution < -0.4 is 0 Å². The van der Waals surface area contributed by atoms with E-state index in [0.29, 0.717) is 25.0 Å². The molecule has 4 rings (SSSR count). The van der Waals surface area contributed by atoms with E-state index in [0.717, 1.165) is 16.0 Å². The van der Waals surface area contributed by atoms with Crippen molar-refractivity contribution in [3.63, 3.8) is 0 Å². The summed E-state index contributed by atoms with van der Waals surface area (Å²) >= 11 is 0. The van der Waals surface area contributed by atoms with Gasteiger partial charge in [0.1, 0.15) is 0 Å². The number of carbonyl (C=O) groups is 2. The molecule has 0 bridgehead atoms. The van der Waals surface area contributed by atoms with Gasteiger partial charge in [0, 0.05) is 39.0 Å². The lowest BCUT2D eigenvalue weighted by atomic mass is 9.92. The molecule has 0 N–H and O–H groups in total. The van der Waals surface area contributed by atoms with Crippen molar-refractivity contribution in [3.8, 4) is 0 Å². The highest BCUT2D eigenvalue weighted by Crippen LogP contribution is 2.41. The van der Waals surface area contributed by atoms with E-state index in [1.54, 1.807) is 28.3 Å². The first-order valence-electron chi connectivity index (χ1n) is 11.7. The van der Waals surface area contributed by atoms with E-state index >= 15 is 0 Å². The molecule has 200 valence electrons. The normalized spacial score (nSPS) is 21.2. The van der Waals surface area contributed by atoms with Crippen LogP contribution in [0, 0.1) is 6.92 Å². The van der Waals surface area contributed by atoms with Crippen molar-refractivity contribution >= 4 is 11.9 Å². The molecule has 1 aromatic heterocycles. The van der Waals surface area contributed by atoms with Gasteiger partial charge < -0.3 is 14.7 Å². The minimum absolute atomic E-state index is 0.0194. The summed E-state index contributed by atoms with van der Waals surface area (Å²) in [6.07, 6.45) is -5.91. The van der Waals surface area contributed by atoms with Crippen molar-refractivity contribution in [2.75, 3.05) is 20.1 Å². The lowest BCUT2D eigenvalue weighted by molar-refractivity contribution is -0.143. The Morgan fingerprint density at radius 2 is 1.70 bits per heavy atom. The summed E-state index contributed by atoms with van der Waals surface area (Å²) in [6, 6.07) is 0.600. The number of hydrogen-bond donors (Lipinski definition) is 0. The highest BCUT2D eigenvalue weighted by Gasteiger charge is 2.46. The molecule has 1 aromatic carbocycles. The quantitative estimate of drug-likeness (QED) is 0.489. The maximum absolute atomic E-state index is 13.7. The van der Waals surface area contributed by atoms with Crippen LogP contribution in [0.25, 0.3) is 0 Å². The lowest BCUT2D eigenvalue weighted by Crippen LogP contribution is -2.57. The molecule has 2 saturated heterocycles. The van der Waals surface area contributed by atoms with Crippen LogP contribution >= 0.6 is 0 Å². The minimum atomic E-state index is -4.99. The van der Waals surface area contributed by atoms with Crippen LogP contribution in [0.3, 0.4) is 0 Å². The third-order valence-corrected chi connectivity index (χ3v) is 7.28. The van der Waals surface area contributed by atoms with Gasteiger partial charge in [0.2, 0.25) is 5.91 Å². The molecule has 0 radical (unpaired) electrons. The van der Waals surface area contributed by atoms with Crippen molar-refractivity contribution in [2.45, 2.75) is 57.2 Å². The zero-order valence-electron chi connectivity index (χ0n) is 20.4. The van der Waals surface area contributed by atoms with Crippen LogP contribution in [0.2, 0.25) is 0 Å². The van der Waals surface area contributed by atoms with Crippen molar-refractivity contribution in [3.05, 3.63) is 64.5 Å². The first kappa shape index (κ1) is 26.7. The number of hydrogen-bond acceptors (Lipinski definition) is 3. The van der Waals surface area contributed by atoms with Crippen molar-refractivity contribution in [2.24, 2.45) is 0 Å². The number of aromatic nitrogens is 1. The molecule has 3 unspecified atom stereocenters. The van der Waals surface area contributed by atoms with Crippen LogP contribution in [0.5, 0.6) is 0 Å². The number of urea groups is 1. The predicted octanol–water partition coefficient (Wildman–Crippen LogP) is 5.59. The monoisotopic (exact) mass is 528 g/mol. The fourth-order valence-corrected chi connectivity index (χ4v) is 5.12. The first-order chi connectivity index (χ1) is 17.2. The van der Waals surface area contributed by atoms with Gasteiger partial charge in [-0.1, -0.05) is 0 Å². The fourth-order valence-electron chi connectivity index (χ4n) is 5.12. The standard InChI is InChI=1S/C25H26F6N4O2/c1-14-6-7-32-13-19(14)22-20-4-5-21(36)34(20)8-9-35(22)23(37)33(3)15(2)16-10-17(24(26,27)28)12-18(11-16)25(29,30)31/h6-7,10-13,15,20,22H,4-5,8-9H2,1-3H3. The number of carbonyl (C=O) groups excluding carboxylic acids is 2. The summed E-state index contributed by atoms with van der Waals surface area (Å²) in [6.45, 7) is 3.68. The Kier molecular flexibility index (Phi) is 6.89. The van der Waals surface area contributed by atoms with E-state index in [4.69, 9.17) is 0 Å². The van der Waals surface area contributed by atoms with E-state index < -0.39 is 41.6 Å². The number of rotatable bonds is 3. The second-order valence-electron chi connectivity index (χ2n) is 9.47. The Hall–Kier alpha value is -3.31. The van der Waals surface area contributed by atoms with Gasteiger partial charge in [-0.2, -0.15) is 26.3 Å². The Balaban J connectivity index is 1.69. The fraction of sp³-hybridized carbons (Fsp3) is 0.480. The number of fused-ring (bicyclic) bond motifs is 1. The van der Waals surface area contributed by atoms with Gasteiger partial charge in [-0.3, -0.25) is 9.78 Å². The molecule has 0 aliphatic carbocycles. The van der Waals surface area contributed by atoms with Crippen LogP contribution in [0.1, 0.15) is 59.7 Å². The highest BCUT2D eigenvalue weighted by molar-refractivity contribution is 5.81. The molecule has 3 atom stereocenters. The second-order valence-corrected chi connectivity index (χ2v) is 9.47. The van der Waals surface area contributed by atoms with Crippen molar-refractivity contribution < 1.29 is 35.9 Å². The summed E-state index contributed by atoms with van der Waals surface area (Å²) in [7, 11) is 1.35. The molecular weight excluding hydrogens is 502 g/mol. The number of amides is 3. The maximum Gasteiger partial charge on any atom is 0.416 e.